The molecule has 0 amide bonds. The molecule has 0 aromatic carbocycles. The normalized spacial score (nSPS) is 11.4. The maximum absolute atomic E-state index is 12.8. The first-order valence-corrected chi connectivity index (χ1v) is 10.3. The molecule has 0 bridgehead atoms. The first-order valence-electron chi connectivity index (χ1n) is 8.40. The molecule has 0 saturated heterocycles. The molecule has 7 nitrogen and oxygen atoms in total. The van der Waals surface area contributed by atoms with Crippen LogP contribution in [-0.4, -0.2) is 40.7 Å². The Balaban J connectivity index is 1.55. The Morgan fingerprint density at radius 2 is 1.96 bits per heavy atom. The van der Waals surface area contributed by atoms with Gasteiger partial charge in [0.05, 0.1) is 5.75 Å². The van der Waals surface area contributed by atoms with Crippen LogP contribution >= 0.6 is 23.1 Å². The van der Waals surface area contributed by atoms with E-state index < -0.39 is 0 Å². The fourth-order valence-corrected chi connectivity index (χ4v) is 4.54. The number of hydrogen-bond acceptors (Lipinski definition) is 7. The van der Waals surface area contributed by atoms with Gasteiger partial charge in [0.15, 0.2) is 10.9 Å². The smallest absolute Gasteiger partial charge is 0.253 e. The maximum Gasteiger partial charge on any atom is 0.253 e. The number of carbonyl (C=O) groups is 1. The molecule has 4 aromatic heterocycles. The lowest BCUT2D eigenvalue weighted by Gasteiger charge is -2.05. The predicted octanol–water partition coefficient (Wildman–Crippen LogP) is 3.58. The van der Waals surface area contributed by atoms with Crippen molar-refractivity contribution in [2.24, 2.45) is 0 Å². The highest BCUT2D eigenvalue weighted by atomic mass is 32.2. The van der Waals surface area contributed by atoms with E-state index in [0.717, 1.165) is 27.9 Å². The summed E-state index contributed by atoms with van der Waals surface area (Å²) in [6, 6.07) is 3.88. The number of aryl methyl sites for hydroxylation is 3. The minimum Gasteiger partial charge on any atom is -0.294 e. The molecule has 0 unspecified atom stereocenters. The van der Waals surface area contributed by atoms with Gasteiger partial charge in [-0.1, -0.05) is 11.8 Å². The predicted molar refractivity (Wildman–Crippen MR) is 106 cm³/mol. The van der Waals surface area contributed by atoms with Gasteiger partial charge >= 0.3 is 0 Å². The van der Waals surface area contributed by atoms with Crippen LogP contribution in [0.1, 0.15) is 33.1 Å². The summed E-state index contributed by atoms with van der Waals surface area (Å²) in [6.07, 6.45) is 1.77. The van der Waals surface area contributed by atoms with Crippen LogP contribution < -0.4 is 0 Å². The molecule has 9 heteroatoms. The lowest BCUT2D eigenvalue weighted by molar-refractivity contribution is 0.102. The van der Waals surface area contributed by atoms with Crippen LogP contribution in [0.2, 0.25) is 0 Å². The number of Topliss-reactive ketones (excluding diaryl/α,β-unsaturated/α-hetero) is 1. The first kappa shape index (κ1) is 17.9. The number of carbonyl (C=O) groups excluding carboxylic acids is 1. The summed E-state index contributed by atoms with van der Waals surface area (Å²) in [6.45, 7) is 7.82. The standard InChI is InChI=1S/C18H18N6OS2/c1-10-7-12(3)24-16(20-10)21-17(22-24)27-9-15(25)14-8-11(2)23(13(14)4)18-19-5-6-26-18/h5-8H,9H2,1-4H3. The Labute approximate surface area is 164 Å². The Morgan fingerprint density at radius 3 is 2.70 bits per heavy atom. The highest BCUT2D eigenvalue weighted by molar-refractivity contribution is 7.99. The number of fused-ring (bicyclic) bond motifs is 1. The van der Waals surface area contributed by atoms with Crippen molar-refractivity contribution in [3.8, 4) is 5.13 Å². The monoisotopic (exact) mass is 398 g/mol. The molecule has 4 heterocycles. The number of ketones is 1. The van der Waals surface area contributed by atoms with Crippen LogP contribution in [0.25, 0.3) is 10.9 Å². The highest BCUT2D eigenvalue weighted by Gasteiger charge is 2.19. The summed E-state index contributed by atoms with van der Waals surface area (Å²) in [5, 5.41) is 7.80. The van der Waals surface area contributed by atoms with Crippen molar-refractivity contribution in [2.75, 3.05) is 5.75 Å². The lowest BCUT2D eigenvalue weighted by Crippen LogP contribution is -2.05. The van der Waals surface area contributed by atoms with Crippen molar-refractivity contribution < 1.29 is 4.79 Å². The molecule has 138 valence electrons. The SMILES string of the molecule is Cc1cc(C)n2nc(SCC(=O)c3cc(C)n(-c4nccs4)c3C)nc2n1. The van der Waals surface area contributed by atoms with Crippen LogP contribution in [0.5, 0.6) is 0 Å². The van der Waals surface area contributed by atoms with E-state index >= 15 is 0 Å². The third-order valence-electron chi connectivity index (χ3n) is 4.27. The summed E-state index contributed by atoms with van der Waals surface area (Å²) in [5.41, 5.74) is 4.48. The van der Waals surface area contributed by atoms with Crippen molar-refractivity contribution in [1.82, 2.24) is 29.1 Å². The van der Waals surface area contributed by atoms with E-state index in [1.165, 1.54) is 11.8 Å². The molecule has 0 atom stereocenters. The second kappa shape index (κ2) is 6.90. The van der Waals surface area contributed by atoms with Crippen LogP contribution in [0.3, 0.4) is 0 Å². The Kier molecular flexibility index (Phi) is 4.56. The number of thioether (sulfide) groups is 1. The zero-order chi connectivity index (χ0) is 19.1. The molecule has 0 aliphatic heterocycles. The molecule has 0 aliphatic carbocycles. The van der Waals surface area contributed by atoms with Gasteiger partial charge < -0.3 is 0 Å². The minimum atomic E-state index is 0.0515. The number of nitrogens with zero attached hydrogens (tertiary/aromatic N) is 6. The highest BCUT2D eigenvalue weighted by Crippen LogP contribution is 2.24. The minimum absolute atomic E-state index is 0.0515. The Morgan fingerprint density at radius 1 is 1.15 bits per heavy atom. The molecular weight excluding hydrogens is 380 g/mol. The molecule has 4 aromatic rings. The van der Waals surface area contributed by atoms with Crippen LogP contribution in [0, 0.1) is 27.7 Å². The molecule has 0 aliphatic rings. The summed E-state index contributed by atoms with van der Waals surface area (Å²) in [4.78, 5) is 25.9. The van der Waals surface area contributed by atoms with Crippen LogP contribution in [-0.2, 0) is 0 Å². The van der Waals surface area contributed by atoms with Gasteiger partial charge in [0.25, 0.3) is 5.78 Å². The average Bonchev–Trinajstić information content (AvgIpc) is 3.32. The second-order valence-electron chi connectivity index (χ2n) is 6.29. The lowest BCUT2D eigenvalue weighted by atomic mass is 10.2. The van der Waals surface area contributed by atoms with Gasteiger partial charge in [0, 0.05) is 39.9 Å². The largest absolute Gasteiger partial charge is 0.294 e. The Hall–Kier alpha value is -2.52. The van der Waals surface area contributed by atoms with E-state index in [0.29, 0.717) is 16.5 Å². The van der Waals surface area contributed by atoms with Gasteiger partial charge in [-0.05, 0) is 39.8 Å². The fraction of sp³-hybridized carbons (Fsp3) is 0.278. The summed E-state index contributed by atoms with van der Waals surface area (Å²) >= 11 is 2.88. The zero-order valence-electron chi connectivity index (χ0n) is 15.4. The van der Waals surface area contributed by atoms with E-state index in [9.17, 15) is 4.79 Å². The third kappa shape index (κ3) is 3.28. The second-order valence-corrected chi connectivity index (χ2v) is 8.11. The van der Waals surface area contributed by atoms with Gasteiger partial charge in [-0.25, -0.2) is 14.5 Å². The third-order valence-corrected chi connectivity index (χ3v) is 5.87. The number of thiazole rings is 1. The maximum atomic E-state index is 12.8. The van der Waals surface area contributed by atoms with Gasteiger partial charge in [0.1, 0.15) is 0 Å². The van der Waals surface area contributed by atoms with Gasteiger partial charge in [-0.2, -0.15) is 4.98 Å². The Bertz CT molecular complexity index is 1140. The van der Waals surface area contributed by atoms with E-state index in [-0.39, 0.29) is 11.5 Å². The van der Waals surface area contributed by atoms with E-state index in [4.69, 9.17) is 0 Å². The number of rotatable bonds is 5. The van der Waals surface area contributed by atoms with Crippen molar-refractivity contribution >= 4 is 34.7 Å². The molecule has 4 rings (SSSR count). The quantitative estimate of drug-likeness (QED) is 0.378. The van der Waals surface area contributed by atoms with Crippen molar-refractivity contribution in [3.05, 3.63) is 52.0 Å². The first-order chi connectivity index (χ1) is 12.9. The summed E-state index contributed by atoms with van der Waals surface area (Å²) in [5.74, 6) is 0.886. The van der Waals surface area contributed by atoms with E-state index in [1.54, 1.807) is 22.0 Å². The van der Waals surface area contributed by atoms with Crippen molar-refractivity contribution in [1.29, 1.82) is 0 Å². The van der Waals surface area contributed by atoms with E-state index in [2.05, 4.69) is 20.1 Å². The number of aromatic nitrogens is 6. The van der Waals surface area contributed by atoms with Crippen LogP contribution in [0.15, 0.2) is 28.9 Å². The van der Waals surface area contributed by atoms with Crippen LogP contribution in [0.4, 0.5) is 0 Å². The molecule has 0 spiro atoms. The van der Waals surface area contributed by atoms with E-state index in [1.807, 2.05) is 49.8 Å². The summed E-state index contributed by atoms with van der Waals surface area (Å²) in [7, 11) is 0. The molecule has 0 saturated carbocycles. The van der Waals surface area contributed by atoms with Gasteiger partial charge in [-0.15, -0.1) is 16.4 Å². The zero-order valence-corrected chi connectivity index (χ0v) is 17.1. The summed E-state index contributed by atoms with van der Waals surface area (Å²) < 4.78 is 3.72. The van der Waals surface area contributed by atoms with Crippen molar-refractivity contribution in [2.45, 2.75) is 32.9 Å². The topological polar surface area (TPSA) is 78.0 Å². The van der Waals surface area contributed by atoms with Crippen molar-refractivity contribution in [3.63, 3.8) is 0 Å². The molecule has 0 N–H and O–H groups in total. The fourth-order valence-electron chi connectivity index (χ4n) is 3.08. The average molecular weight is 399 g/mol. The molecule has 27 heavy (non-hydrogen) atoms. The molecule has 0 fully saturated rings. The molecule has 0 radical (unpaired) electrons. The molecular formula is C18H18N6OS2. The number of hydrogen-bond donors (Lipinski definition) is 0. The van der Waals surface area contributed by atoms with Gasteiger partial charge in [0.2, 0.25) is 5.16 Å². The van der Waals surface area contributed by atoms with Gasteiger partial charge in [-0.3, -0.25) is 9.36 Å².